The van der Waals surface area contributed by atoms with Crippen molar-refractivity contribution < 1.29 is 4.79 Å². The predicted molar refractivity (Wildman–Crippen MR) is 81.4 cm³/mol. The lowest BCUT2D eigenvalue weighted by molar-refractivity contribution is 0.0924. The smallest absolute Gasteiger partial charge is 0.282 e. The molecule has 0 aliphatic carbocycles. The van der Waals surface area contributed by atoms with Gasteiger partial charge in [0, 0.05) is 5.02 Å². The maximum absolute atomic E-state index is 12.1. The van der Waals surface area contributed by atoms with E-state index in [2.05, 4.69) is 15.5 Å². The molecule has 0 aliphatic rings. The van der Waals surface area contributed by atoms with Crippen LogP contribution in [0.15, 0.2) is 24.3 Å². The van der Waals surface area contributed by atoms with E-state index in [1.165, 1.54) is 0 Å². The van der Waals surface area contributed by atoms with E-state index in [0.29, 0.717) is 5.02 Å². The fourth-order valence-electron chi connectivity index (χ4n) is 1.81. The first-order chi connectivity index (χ1) is 9.47. The molecular formula is C13H13Cl2N3OS. The van der Waals surface area contributed by atoms with E-state index >= 15 is 0 Å². The Kier molecular flexibility index (Phi) is 4.96. The Hall–Kier alpha value is -1.17. The molecule has 7 heteroatoms. The zero-order valence-electron chi connectivity index (χ0n) is 10.9. The van der Waals surface area contributed by atoms with E-state index in [-0.39, 0.29) is 27.3 Å². The highest BCUT2D eigenvalue weighted by atomic mass is 35.5. The molecule has 106 valence electrons. The summed E-state index contributed by atoms with van der Waals surface area (Å²) in [5.41, 5.74) is 0.994. The highest BCUT2D eigenvalue weighted by molar-refractivity contribution is 7.17. The summed E-state index contributed by atoms with van der Waals surface area (Å²) in [6, 6.07) is 7.30. The fraction of sp³-hybridized carbons (Fsp3) is 0.308. The number of carbonyl (C=O) groups is 1. The lowest BCUT2D eigenvalue weighted by Crippen LogP contribution is -2.31. The third-order valence-corrected chi connectivity index (χ3v) is 4.05. The van der Waals surface area contributed by atoms with Gasteiger partial charge in [0.1, 0.15) is 0 Å². The van der Waals surface area contributed by atoms with Crippen molar-refractivity contribution in [2.24, 2.45) is 5.92 Å². The molecule has 1 aromatic heterocycles. The van der Waals surface area contributed by atoms with Crippen LogP contribution in [0.3, 0.4) is 0 Å². The summed E-state index contributed by atoms with van der Waals surface area (Å²) >= 11 is 12.6. The van der Waals surface area contributed by atoms with Gasteiger partial charge in [-0.05, 0) is 35.2 Å². The van der Waals surface area contributed by atoms with Crippen LogP contribution in [0.25, 0.3) is 0 Å². The highest BCUT2D eigenvalue weighted by Crippen LogP contribution is 2.24. The van der Waals surface area contributed by atoms with Crippen molar-refractivity contribution in [2.75, 3.05) is 0 Å². The first kappa shape index (κ1) is 15.2. The SMILES string of the molecule is CC(C)C(NC(=O)c1nnc(Cl)s1)c1ccc(Cl)cc1. The second-order valence-corrected chi connectivity index (χ2v) is 6.60. The quantitative estimate of drug-likeness (QED) is 0.923. The summed E-state index contributed by atoms with van der Waals surface area (Å²) < 4.78 is 0.253. The van der Waals surface area contributed by atoms with E-state index in [9.17, 15) is 4.79 Å². The molecule has 2 aromatic rings. The van der Waals surface area contributed by atoms with E-state index in [0.717, 1.165) is 16.9 Å². The maximum Gasteiger partial charge on any atom is 0.282 e. The van der Waals surface area contributed by atoms with Crippen LogP contribution in [-0.4, -0.2) is 16.1 Å². The molecule has 4 nitrogen and oxygen atoms in total. The van der Waals surface area contributed by atoms with Gasteiger partial charge in [0.05, 0.1) is 6.04 Å². The monoisotopic (exact) mass is 329 g/mol. The van der Waals surface area contributed by atoms with Crippen LogP contribution in [0.1, 0.15) is 35.3 Å². The van der Waals surface area contributed by atoms with Crippen LogP contribution in [0.5, 0.6) is 0 Å². The van der Waals surface area contributed by atoms with Gasteiger partial charge in [-0.3, -0.25) is 4.79 Å². The topological polar surface area (TPSA) is 54.9 Å². The summed E-state index contributed by atoms with van der Waals surface area (Å²) in [7, 11) is 0. The lowest BCUT2D eigenvalue weighted by Gasteiger charge is -2.22. The molecule has 0 bridgehead atoms. The molecule has 1 heterocycles. The maximum atomic E-state index is 12.1. The van der Waals surface area contributed by atoms with Gasteiger partial charge in [0.25, 0.3) is 5.91 Å². The van der Waals surface area contributed by atoms with Crippen molar-refractivity contribution in [1.82, 2.24) is 15.5 Å². The molecule has 0 saturated heterocycles. The van der Waals surface area contributed by atoms with Crippen LogP contribution >= 0.6 is 34.5 Å². The molecule has 20 heavy (non-hydrogen) atoms. The van der Waals surface area contributed by atoms with E-state index in [4.69, 9.17) is 23.2 Å². The molecule has 0 fully saturated rings. The molecule has 0 radical (unpaired) electrons. The highest BCUT2D eigenvalue weighted by Gasteiger charge is 2.21. The Morgan fingerprint density at radius 2 is 1.85 bits per heavy atom. The number of rotatable bonds is 4. The number of aromatic nitrogens is 2. The van der Waals surface area contributed by atoms with E-state index in [1.807, 2.05) is 26.0 Å². The minimum atomic E-state index is -0.275. The van der Waals surface area contributed by atoms with Crippen molar-refractivity contribution in [2.45, 2.75) is 19.9 Å². The minimum Gasteiger partial charge on any atom is -0.343 e. The van der Waals surface area contributed by atoms with Gasteiger partial charge in [-0.15, -0.1) is 10.2 Å². The zero-order chi connectivity index (χ0) is 14.7. The summed E-state index contributed by atoms with van der Waals surface area (Å²) in [6.07, 6.45) is 0. The number of hydrogen-bond acceptors (Lipinski definition) is 4. The van der Waals surface area contributed by atoms with Crippen LogP contribution < -0.4 is 5.32 Å². The molecule has 0 saturated carbocycles. The molecule has 1 amide bonds. The van der Waals surface area contributed by atoms with Crippen LogP contribution in [0.4, 0.5) is 0 Å². The second-order valence-electron chi connectivity index (χ2n) is 4.61. The number of carbonyl (C=O) groups excluding carboxylic acids is 1. The predicted octanol–water partition coefficient (Wildman–Crippen LogP) is 3.97. The zero-order valence-corrected chi connectivity index (χ0v) is 13.3. The molecular weight excluding hydrogens is 317 g/mol. The minimum absolute atomic E-state index is 0.123. The lowest BCUT2D eigenvalue weighted by atomic mass is 9.96. The number of hydrogen-bond donors (Lipinski definition) is 1. The van der Waals surface area contributed by atoms with Gasteiger partial charge in [-0.1, -0.05) is 48.9 Å². The Morgan fingerprint density at radius 1 is 1.20 bits per heavy atom. The van der Waals surface area contributed by atoms with E-state index < -0.39 is 0 Å². The molecule has 0 spiro atoms. The van der Waals surface area contributed by atoms with Crippen molar-refractivity contribution in [3.63, 3.8) is 0 Å². The van der Waals surface area contributed by atoms with Crippen LogP contribution in [0.2, 0.25) is 9.49 Å². The normalized spacial score (nSPS) is 12.4. The van der Waals surface area contributed by atoms with Crippen molar-refractivity contribution in [1.29, 1.82) is 0 Å². The van der Waals surface area contributed by atoms with Gasteiger partial charge in [0.2, 0.25) is 9.47 Å². The number of nitrogens with one attached hydrogen (secondary N) is 1. The third-order valence-electron chi connectivity index (χ3n) is 2.78. The average molecular weight is 330 g/mol. The molecule has 1 unspecified atom stereocenters. The Morgan fingerprint density at radius 3 is 2.35 bits per heavy atom. The standard InChI is InChI=1S/C13H13Cl2N3OS/c1-7(2)10(8-3-5-9(14)6-4-8)16-11(19)12-17-18-13(15)20-12/h3-7,10H,1-2H3,(H,16,19). The van der Waals surface area contributed by atoms with Crippen LogP contribution in [-0.2, 0) is 0 Å². The number of nitrogens with zero attached hydrogens (tertiary/aromatic N) is 2. The Labute approximate surface area is 131 Å². The Bertz CT molecular complexity index is 598. The first-order valence-corrected chi connectivity index (χ1v) is 7.60. The second kappa shape index (κ2) is 6.52. The molecule has 2 rings (SSSR count). The molecule has 1 atom stereocenters. The molecule has 0 aliphatic heterocycles. The largest absolute Gasteiger partial charge is 0.343 e. The first-order valence-electron chi connectivity index (χ1n) is 6.02. The number of benzene rings is 1. The molecule has 1 aromatic carbocycles. The molecule has 1 N–H and O–H groups in total. The summed E-state index contributed by atoms with van der Waals surface area (Å²) in [6.45, 7) is 4.07. The number of amides is 1. The van der Waals surface area contributed by atoms with Crippen molar-refractivity contribution in [3.8, 4) is 0 Å². The summed E-state index contributed by atoms with van der Waals surface area (Å²) in [5, 5.41) is 11.2. The van der Waals surface area contributed by atoms with Gasteiger partial charge < -0.3 is 5.32 Å². The summed E-state index contributed by atoms with van der Waals surface area (Å²) in [5.74, 6) is -0.0495. The average Bonchev–Trinajstić information content (AvgIpc) is 2.83. The van der Waals surface area contributed by atoms with Crippen LogP contribution in [0, 0.1) is 5.92 Å². The van der Waals surface area contributed by atoms with Crippen molar-refractivity contribution in [3.05, 3.63) is 44.3 Å². The van der Waals surface area contributed by atoms with Gasteiger partial charge >= 0.3 is 0 Å². The number of halogens is 2. The Balaban J connectivity index is 2.17. The summed E-state index contributed by atoms with van der Waals surface area (Å²) in [4.78, 5) is 12.1. The van der Waals surface area contributed by atoms with Gasteiger partial charge in [-0.25, -0.2) is 0 Å². The third kappa shape index (κ3) is 3.69. The van der Waals surface area contributed by atoms with Gasteiger partial charge in [0.15, 0.2) is 0 Å². The van der Waals surface area contributed by atoms with E-state index in [1.54, 1.807) is 12.1 Å². The van der Waals surface area contributed by atoms with Gasteiger partial charge in [-0.2, -0.15) is 0 Å². The van der Waals surface area contributed by atoms with Crippen molar-refractivity contribution >= 4 is 40.4 Å². The fourth-order valence-corrected chi connectivity index (χ4v) is 2.66.